The maximum atomic E-state index is 12.5. The summed E-state index contributed by atoms with van der Waals surface area (Å²) in [7, 11) is 0. The van der Waals surface area contributed by atoms with Crippen molar-refractivity contribution in [2.75, 3.05) is 0 Å². The molecule has 0 aliphatic rings. The number of carbonyl (C=O) groups is 1. The first kappa shape index (κ1) is 26.1. The fourth-order valence-electron chi connectivity index (χ4n) is 3.59. The summed E-state index contributed by atoms with van der Waals surface area (Å²) in [5.74, 6) is 0.953. The van der Waals surface area contributed by atoms with E-state index in [1.165, 1.54) is 29.3 Å². The Kier molecular flexibility index (Phi) is 8.37. The van der Waals surface area contributed by atoms with Gasteiger partial charge in [-0.1, -0.05) is 53.7 Å². The number of rotatable bonds is 9. The summed E-state index contributed by atoms with van der Waals surface area (Å²) in [6.45, 7) is 4.21. The number of amides is 1. The van der Waals surface area contributed by atoms with Crippen LogP contribution < -0.4 is 5.32 Å². The number of aromatic nitrogens is 3. The minimum Gasteiger partial charge on any atom is -0.345 e. The lowest BCUT2D eigenvalue weighted by Gasteiger charge is -2.14. The van der Waals surface area contributed by atoms with Gasteiger partial charge in [0.15, 0.2) is 11.0 Å². The lowest BCUT2D eigenvalue weighted by Crippen LogP contribution is -2.22. The zero-order valence-electron chi connectivity index (χ0n) is 20.2. The topological polar surface area (TPSA) is 103 Å². The average molecular weight is 534 g/mol. The zero-order chi connectivity index (χ0) is 26.4. The highest BCUT2D eigenvalue weighted by atomic mass is 35.5. The highest BCUT2D eigenvalue weighted by Gasteiger charge is 2.17. The van der Waals surface area contributed by atoms with E-state index < -0.39 is 4.92 Å². The van der Waals surface area contributed by atoms with Gasteiger partial charge in [-0.2, -0.15) is 0 Å². The zero-order valence-corrected chi connectivity index (χ0v) is 21.8. The molecule has 188 valence electrons. The summed E-state index contributed by atoms with van der Waals surface area (Å²) in [6, 6.07) is 19.8. The van der Waals surface area contributed by atoms with Crippen molar-refractivity contribution < 1.29 is 9.72 Å². The average Bonchev–Trinajstić information content (AvgIpc) is 3.29. The number of carbonyl (C=O) groups excluding carboxylic acids is 1. The molecule has 0 bridgehead atoms. The van der Waals surface area contributed by atoms with E-state index in [-0.39, 0.29) is 18.1 Å². The highest BCUT2D eigenvalue weighted by Crippen LogP contribution is 2.29. The third kappa shape index (κ3) is 6.63. The molecule has 0 unspecified atom stereocenters. The van der Waals surface area contributed by atoms with E-state index in [0.29, 0.717) is 21.6 Å². The molecular weight excluding hydrogens is 510 g/mol. The Balaban J connectivity index is 1.52. The molecule has 0 aliphatic carbocycles. The lowest BCUT2D eigenvalue weighted by molar-refractivity contribution is -0.384. The Hall–Kier alpha value is -3.95. The molecule has 0 fully saturated rings. The fraction of sp³-hybridized carbons (Fsp3) is 0.148. The van der Waals surface area contributed by atoms with Crippen molar-refractivity contribution in [2.45, 2.75) is 31.3 Å². The van der Waals surface area contributed by atoms with Crippen LogP contribution in [-0.4, -0.2) is 25.6 Å². The number of halogens is 1. The number of hydrogen-bond acceptors (Lipinski definition) is 6. The highest BCUT2D eigenvalue weighted by molar-refractivity contribution is 7.98. The van der Waals surface area contributed by atoms with Gasteiger partial charge in [-0.3, -0.25) is 19.5 Å². The van der Waals surface area contributed by atoms with E-state index in [1.807, 2.05) is 41.8 Å². The molecule has 1 amide bonds. The number of non-ortho nitro benzene ring substituents is 1. The van der Waals surface area contributed by atoms with Crippen molar-refractivity contribution in [1.82, 2.24) is 20.1 Å². The molecule has 3 aromatic carbocycles. The minimum absolute atomic E-state index is 0.00616. The summed E-state index contributed by atoms with van der Waals surface area (Å²) in [5.41, 5.74) is 4.91. The van der Waals surface area contributed by atoms with Gasteiger partial charge in [0.05, 0.1) is 17.2 Å². The number of hydrogen-bond donors (Lipinski definition) is 1. The van der Waals surface area contributed by atoms with Gasteiger partial charge < -0.3 is 5.32 Å². The van der Waals surface area contributed by atoms with E-state index in [0.717, 1.165) is 17.0 Å². The van der Waals surface area contributed by atoms with Gasteiger partial charge in [-0.05, 0) is 66.4 Å². The summed E-state index contributed by atoms with van der Waals surface area (Å²) in [5, 5.41) is 23.7. The molecule has 0 radical (unpaired) electrons. The van der Waals surface area contributed by atoms with Gasteiger partial charge in [-0.15, -0.1) is 10.2 Å². The van der Waals surface area contributed by atoms with E-state index >= 15 is 0 Å². The van der Waals surface area contributed by atoms with Gasteiger partial charge in [0, 0.05) is 29.0 Å². The quantitative estimate of drug-likeness (QED) is 0.121. The maximum absolute atomic E-state index is 12.5. The van der Waals surface area contributed by atoms with Crippen molar-refractivity contribution in [3.63, 3.8) is 0 Å². The van der Waals surface area contributed by atoms with Gasteiger partial charge in [0.2, 0.25) is 5.91 Å². The van der Waals surface area contributed by atoms with Crippen LogP contribution in [0.5, 0.6) is 0 Å². The molecular formula is C27H24ClN5O3S. The Bertz CT molecular complexity index is 1470. The van der Waals surface area contributed by atoms with Crippen LogP contribution in [0, 0.1) is 24.0 Å². The second-order valence-corrected chi connectivity index (χ2v) is 9.66. The summed E-state index contributed by atoms with van der Waals surface area (Å²) in [6.07, 6.45) is 2.97. The van der Waals surface area contributed by atoms with Crippen molar-refractivity contribution in [3.05, 3.63) is 116 Å². The van der Waals surface area contributed by atoms with Gasteiger partial charge in [0.25, 0.3) is 5.69 Å². The molecule has 0 spiro atoms. The van der Waals surface area contributed by atoms with Crippen LogP contribution in [0.4, 0.5) is 5.69 Å². The molecule has 4 rings (SSSR count). The molecule has 0 saturated carbocycles. The Morgan fingerprint density at radius 1 is 1.08 bits per heavy atom. The van der Waals surface area contributed by atoms with Gasteiger partial charge in [-0.25, -0.2) is 0 Å². The van der Waals surface area contributed by atoms with Crippen LogP contribution in [0.2, 0.25) is 5.02 Å². The molecule has 8 nitrogen and oxygen atoms in total. The second-order valence-electron chi connectivity index (χ2n) is 8.28. The minimum atomic E-state index is -0.467. The first-order chi connectivity index (χ1) is 17.8. The van der Waals surface area contributed by atoms with Crippen molar-refractivity contribution in [2.24, 2.45) is 0 Å². The first-order valence-corrected chi connectivity index (χ1v) is 12.8. The molecule has 0 atom stereocenters. The molecule has 4 aromatic rings. The number of aryl methyl sites for hydroxylation is 2. The second kappa shape index (κ2) is 11.9. The molecule has 37 heavy (non-hydrogen) atoms. The predicted octanol–water partition coefficient (Wildman–Crippen LogP) is 6.07. The monoisotopic (exact) mass is 533 g/mol. The third-order valence-electron chi connectivity index (χ3n) is 5.68. The number of benzene rings is 3. The van der Waals surface area contributed by atoms with Crippen LogP contribution in [-0.2, 0) is 17.1 Å². The molecule has 10 heteroatoms. The molecule has 1 N–H and O–H groups in total. The van der Waals surface area contributed by atoms with E-state index in [1.54, 1.807) is 30.0 Å². The number of nitro benzene ring substituents is 1. The standard InChI is InChI=1S/C27H24ClN5O3S/c1-18-5-3-4-6-21(18)17-37-27-31-30-25(32(27)24-15-22(28)11-7-19(24)2)16-29-26(34)14-10-20-8-12-23(13-9-20)33(35)36/h3-15H,16-17H2,1-2H3,(H,29,34)/b14-10+. The van der Waals surface area contributed by atoms with E-state index in [2.05, 4.69) is 34.6 Å². The molecule has 1 aromatic heterocycles. The first-order valence-electron chi connectivity index (χ1n) is 11.4. The summed E-state index contributed by atoms with van der Waals surface area (Å²) < 4.78 is 1.92. The maximum Gasteiger partial charge on any atom is 0.269 e. The van der Waals surface area contributed by atoms with Crippen molar-refractivity contribution in [1.29, 1.82) is 0 Å². The Morgan fingerprint density at radius 2 is 1.84 bits per heavy atom. The van der Waals surface area contributed by atoms with Crippen LogP contribution in [0.25, 0.3) is 11.8 Å². The molecule has 1 heterocycles. The molecule has 0 aliphatic heterocycles. The molecule has 0 saturated heterocycles. The Morgan fingerprint density at radius 3 is 2.57 bits per heavy atom. The predicted molar refractivity (Wildman–Crippen MR) is 146 cm³/mol. The largest absolute Gasteiger partial charge is 0.345 e. The third-order valence-corrected chi connectivity index (χ3v) is 6.90. The Labute approximate surface area is 223 Å². The smallest absolute Gasteiger partial charge is 0.269 e. The fourth-order valence-corrected chi connectivity index (χ4v) is 4.80. The van der Waals surface area contributed by atoms with E-state index in [9.17, 15) is 14.9 Å². The number of nitrogens with zero attached hydrogens (tertiary/aromatic N) is 4. The number of nitrogens with one attached hydrogen (secondary N) is 1. The van der Waals surface area contributed by atoms with Crippen LogP contribution in [0.15, 0.2) is 78.0 Å². The van der Waals surface area contributed by atoms with Crippen molar-refractivity contribution >= 4 is 41.0 Å². The van der Waals surface area contributed by atoms with Crippen LogP contribution >= 0.6 is 23.4 Å². The summed E-state index contributed by atoms with van der Waals surface area (Å²) >= 11 is 7.87. The SMILES string of the molecule is Cc1ccccc1CSc1nnc(CNC(=O)/C=C/c2ccc([N+](=O)[O-])cc2)n1-c1cc(Cl)ccc1C. The van der Waals surface area contributed by atoms with E-state index in [4.69, 9.17) is 11.6 Å². The van der Waals surface area contributed by atoms with Crippen LogP contribution in [0.3, 0.4) is 0 Å². The lowest BCUT2D eigenvalue weighted by atomic mass is 10.1. The van der Waals surface area contributed by atoms with Gasteiger partial charge >= 0.3 is 0 Å². The van der Waals surface area contributed by atoms with Gasteiger partial charge in [0.1, 0.15) is 0 Å². The number of nitro groups is 1. The van der Waals surface area contributed by atoms with Crippen LogP contribution in [0.1, 0.15) is 28.1 Å². The number of thioether (sulfide) groups is 1. The summed E-state index contributed by atoms with van der Waals surface area (Å²) in [4.78, 5) is 22.8. The van der Waals surface area contributed by atoms with Crippen molar-refractivity contribution in [3.8, 4) is 5.69 Å². The normalized spacial score (nSPS) is 11.1.